The smallest absolute Gasteiger partial charge is 0.253 e. The minimum Gasteiger partial charge on any atom is -0.454 e. The summed E-state index contributed by atoms with van der Waals surface area (Å²) in [5, 5.41) is 13.5. The van der Waals surface area contributed by atoms with Gasteiger partial charge in [-0.05, 0) is 58.1 Å². The van der Waals surface area contributed by atoms with Crippen LogP contribution in [-0.2, 0) is 17.8 Å². The van der Waals surface area contributed by atoms with E-state index in [1.807, 2.05) is 31.2 Å². The van der Waals surface area contributed by atoms with Gasteiger partial charge in [-0.1, -0.05) is 18.2 Å². The molecular weight excluding hydrogens is 486 g/mol. The van der Waals surface area contributed by atoms with E-state index in [9.17, 15) is 4.79 Å². The maximum absolute atomic E-state index is 13.4. The fraction of sp³-hybridized carbons (Fsp3) is 0.407. The third-order valence-corrected chi connectivity index (χ3v) is 7.25. The van der Waals surface area contributed by atoms with E-state index < -0.39 is 0 Å². The first kappa shape index (κ1) is 24.5. The number of H-pyrrole nitrogens is 1. The number of aromatic nitrogens is 5. The van der Waals surface area contributed by atoms with Crippen molar-refractivity contribution in [3.05, 3.63) is 75.3 Å². The zero-order valence-electron chi connectivity index (χ0n) is 21.6. The lowest BCUT2D eigenvalue weighted by molar-refractivity contribution is 0.0984. The standard InChI is InChI=1S/C27H31N7O4/c1-18-3-5-20-15-21(27(35)28-22(20)13-18)25(26-29-30-31-34(26)11-12-36-2)33-9-7-32(8-10-33)16-19-4-6-23-24(14-19)38-17-37-23/h3-6,13-15,25H,7-12,16-17H2,1-2H3,(H,28,35)/t25-/m0/s1. The van der Waals surface area contributed by atoms with E-state index in [1.54, 1.807) is 11.8 Å². The summed E-state index contributed by atoms with van der Waals surface area (Å²) in [6.07, 6.45) is 0. The average molecular weight is 518 g/mol. The molecule has 11 nitrogen and oxygen atoms in total. The molecule has 4 aromatic rings. The topological polar surface area (TPSA) is 111 Å². The van der Waals surface area contributed by atoms with Crippen LogP contribution in [0.1, 0.15) is 28.6 Å². The van der Waals surface area contributed by atoms with Crippen molar-refractivity contribution < 1.29 is 14.2 Å². The Morgan fingerprint density at radius 1 is 1.05 bits per heavy atom. The van der Waals surface area contributed by atoms with Crippen molar-refractivity contribution >= 4 is 10.9 Å². The molecule has 0 spiro atoms. The Kier molecular flexibility index (Phi) is 6.79. The lowest BCUT2D eigenvalue weighted by Crippen LogP contribution is -2.48. The summed E-state index contributed by atoms with van der Waals surface area (Å²) in [5.41, 5.74) is 3.62. The predicted molar refractivity (Wildman–Crippen MR) is 140 cm³/mol. The Morgan fingerprint density at radius 3 is 2.74 bits per heavy atom. The second kappa shape index (κ2) is 10.5. The van der Waals surface area contributed by atoms with Gasteiger partial charge in [0.25, 0.3) is 5.56 Å². The molecule has 0 saturated carbocycles. The van der Waals surface area contributed by atoms with Crippen LogP contribution in [0.4, 0.5) is 0 Å². The number of rotatable bonds is 8. The number of benzene rings is 2. The molecule has 38 heavy (non-hydrogen) atoms. The summed E-state index contributed by atoms with van der Waals surface area (Å²) >= 11 is 0. The molecule has 1 fully saturated rings. The molecule has 1 saturated heterocycles. The van der Waals surface area contributed by atoms with Crippen molar-refractivity contribution in [3.8, 4) is 11.5 Å². The molecule has 0 aliphatic carbocycles. The van der Waals surface area contributed by atoms with Gasteiger partial charge < -0.3 is 19.2 Å². The molecule has 2 aliphatic rings. The van der Waals surface area contributed by atoms with Crippen molar-refractivity contribution in [3.63, 3.8) is 0 Å². The quantitative estimate of drug-likeness (QED) is 0.376. The lowest BCUT2D eigenvalue weighted by atomic mass is 10.0. The Morgan fingerprint density at radius 2 is 1.89 bits per heavy atom. The number of aryl methyl sites for hydroxylation is 1. The SMILES string of the molecule is COCCn1nnnc1[C@H](c1cc2ccc(C)cc2[nH]c1=O)N1CCN(Cc2ccc3c(c2)OCO3)CC1. The fourth-order valence-electron chi connectivity index (χ4n) is 5.26. The van der Waals surface area contributed by atoms with E-state index in [4.69, 9.17) is 14.2 Å². The molecule has 2 aromatic carbocycles. The summed E-state index contributed by atoms with van der Waals surface area (Å²) < 4.78 is 18.0. The van der Waals surface area contributed by atoms with Gasteiger partial charge in [0.2, 0.25) is 6.79 Å². The van der Waals surface area contributed by atoms with Gasteiger partial charge >= 0.3 is 0 Å². The number of aromatic amines is 1. The zero-order chi connectivity index (χ0) is 26.1. The van der Waals surface area contributed by atoms with Gasteiger partial charge in [0.05, 0.1) is 13.2 Å². The number of hydrogen-bond acceptors (Lipinski definition) is 9. The predicted octanol–water partition coefficient (Wildman–Crippen LogP) is 2.11. The molecule has 11 heteroatoms. The number of hydrogen-bond donors (Lipinski definition) is 1. The van der Waals surface area contributed by atoms with E-state index in [0.717, 1.165) is 60.7 Å². The number of methoxy groups -OCH3 is 1. The van der Waals surface area contributed by atoms with Gasteiger partial charge in [0.15, 0.2) is 17.3 Å². The van der Waals surface area contributed by atoms with Gasteiger partial charge in [-0.3, -0.25) is 14.6 Å². The van der Waals surface area contributed by atoms with E-state index in [2.05, 4.69) is 48.5 Å². The summed E-state index contributed by atoms with van der Waals surface area (Å²) in [6, 6.07) is 13.8. The molecule has 0 unspecified atom stereocenters. The number of ether oxygens (including phenoxy) is 3. The van der Waals surface area contributed by atoms with Crippen molar-refractivity contribution in [2.45, 2.75) is 26.1 Å². The van der Waals surface area contributed by atoms with E-state index in [0.29, 0.717) is 24.5 Å². The molecule has 6 rings (SSSR count). The molecule has 0 amide bonds. The molecule has 0 radical (unpaired) electrons. The molecule has 0 bridgehead atoms. The Balaban J connectivity index is 1.27. The summed E-state index contributed by atoms with van der Waals surface area (Å²) in [7, 11) is 1.65. The first-order chi connectivity index (χ1) is 18.6. The van der Waals surface area contributed by atoms with E-state index in [-0.39, 0.29) is 18.4 Å². The van der Waals surface area contributed by atoms with Gasteiger partial charge in [-0.2, -0.15) is 0 Å². The average Bonchev–Trinajstić information content (AvgIpc) is 3.58. The van der Waals surface area contributed by atoms with Crippen molar-refractivity contribution in [2.24, 2.45) is 0 Å². The van der Waals surface area contributed by atoms with Crippen LogP contribution in [0.25, 0.3) is 10.9 Å². The maximum Gasteiger partial charge on any atom is 0.253 e. The molecule has 1 atom stereocenters. The van der Waals surface area contributed by atoms with Crippen LogP contribution in [0.15, 0.2) is 47.3 Å². The largest absolute Gasteiger partial charge is 0.454 e. The normalized spacial score (nSPS) is 16.8. The Bertz CT molecular complexity index is 1490. The second-order valence-electron chi connectivity index (χ2n) is 9.80. The van der Waals surface area contributed by atoms with Crippen LogP contribution in [0, 0.1) is 6.92 Å². The first-order valence-corrected chi connectivity index (χ1v) is 12.8. The van der Waals surface area contributed by atoms with Crippen LogP contribution < -0.4 is 15.0 Å². The van der Waals surface area contributed by atoms with E-state index >= 15 is 0 Å². The molecule has 2 aliphatic heterocycles. The van der Waals surface area contributed by atoms with E-state index in [1.165, 1.54) is 5.56 Å². The van der Waals surface area contributed by atoms with Crippen LogP contribution in [0.5, 0.6) is 11.5 Å². The lowest BCUT2D eigenvalue weighted by Gasteiger charge is -2.38. The minimum atomic E-state index is -0.385. The summed E-state index contributed by atoms with van der Waals surface area (Å²) in [4.78, 5) is 21.2. The molecule has 2 aromatic heterocycles. The maximum atomic E-state index is 13.4. The zero-order valence-corrected chi connectivity index (χ0v) is 21.6. The van der Waals surface area contributed by atoms with Gasteiger partial charge in [-0.15, -0.1) is 5.10 Å². The fourth-order valence-corrected chi connectivity index (χ4v) is 5.26. The van der Waals surface area contributed by atoms with Crippen LogP contribution in [0.2, 0.25) is 0 Å². The van der Waals surface area contributed by atoms with Gasteiger partial charge in [0.1, 0.15) is 6.04 Å². The number of pyridine rings is 1. The van der Waals surface area contributed by atoms with Crippen LogP contribution in [0.3, 0.4) is 0 Å². The number of piperazine rings is 1. The highest BCUT2D eigenvalue weighted by Gasteiger charge is 2.32. The molecule has 1 N–H and O–H groups in total. The monoisotopic (exact) mass is 517 g/mol. The Labute approximate surface area is 219 Å². The minimum absolute atomic E-state index is 0.128. The third kappa shape index (κ3) is 4.87. The van der Waals surface area contributed by atoms with Gasteiger partial charge in [-0.25, -0.2) is 4.68 Å². The highest BCUT2D eigenvalue weighted by molar-refractivity contribution is 5.79. The number of nitrogens with zero attached hydrogens (tertiary/aromatic N) is 6. The van der Waals surface area contributed by atoms with Crippen LogP contribution >= 0.6 is 0 Å². The van der Waals surface area contributed by atoms with Crippen molar-refractivity contribution in [1.29, 1.82) is 0 Å². The van der Waals surface area contributed by atoms with Crippen LogP contribution in [-0.4, -0.2) is 81.7 Å². The van der Waals surface area contributed by atoms with Crippen molar-refractivity contribution in [1.82, 2.24) is 35.0 Å². The highest BCUT2D eigenvalue weighted by Crippen LogP contribution is 2.33. The molecule has 198 valence electrons. The number of tetrazole rings is 1. The highest BCUT2D eigenvalue weighted by atomic mass is 16.7. The number of fused-ring (bicyclic) bond motifs is 2. The second-order valence-corrected chi connectivity index (χ2v) is 9.80. The van der Waals surface area contributed by atoms with Crippen molar-refractivity contribution in [2.75, 3.05) is 46.7 Å². The molecule has 4 heterocycles. The van der Waals surface area contributed by atoms with Gasteiger partial charge in [0, 0.05) is 50.9 Å². The summed E-state index contributed by atoms with van der Waals surface area (Å²) in [6.45, 7) is 7.29. The number of nitrogens with one attached hydrogen (secondary N) is 1. The molecular formula is C27H31N7O4. The third-order valence-electron chi connectivity index (χ3n) is 7.25. The summed E-state index contributed by atoms with van der Waals surface area (Å²) in [5.74, 6) is 2.24. The first-order valence-electron chi connectivity index (χ1n) is 12.8. The Hall–Kier alpha value is -3.80.